The summed E-state index contributed by atoms with van der Waals surface area (Å²) in [6.07, 6.45) is 5.04. The van der Waals surface area contributed by atoms with Gasteiger partial charge in [0.25, 0.3) is 0 Å². The van der Waals surface area contributed by atoms with Crippen molar-refractivity contribution >= 4 is 5.69 Å². The maximum absolute atomic E-state index is 9.38. The van der Waals surface area contributed by atoms with Crippen molar-refractivity contribution in [3.8, 4) is 6.07 Å². The van der Waals surface area contributed by atoms with Crippen LogP contribution in [0, 0.1) is 11.3 Å². The summed E-state index contributed by atoms with van der Waals surface area (Å²) < 4.78 is 5.89. The molecule has 106 valence electrons. The quantitative estimate of drug-likeness (QED) is 0.896. The standard InChI is InChI=1S/C16H20N2O2/c17-10-13-9-12(11-19)5-6-14(13)18-7-8-20-16-4-2-1-3-15(16)18/h5-6,9,15-16,19H,1-4,7-8,11H2. The molecule has 1 aromatic carbocycles. The molecule has 2 unspecified atom stereocenters. The number of fused-ring (bicyclic) bond motifs is 1. The van der Waals surface area contributed by atoms with Crippen molar-refractivity contribution in [3.05, 3.63) is 29.3 Å². The predicted molar refractivity (Wildman–Crippen MR) is 76.4 cm³/mol. The fourth-order valence-electron chi connectivity index (χ4n) is 3.42. The summed E-state index contributed by atoms with van der Waals surface area (Å²) in [5, 5.41) is 18.6. The molecule has 3 rings (SSSR count). The number of aliphatic hydroxyl groups is 1. The van der Waals surface area contributed by atoms with E-state index in [2.05, 4.69) is 11.0 Å². The first-order chi connectivity index (χ1) is 9.83. The minimum absolute atomic E-state index is 0.0237. The molecule has 0 amide bonds. The number of nitrogens with zero attached hydrogens (tertiary/aromatic N) is 2. The fraction of sp³-hybridized carbons (Fsp3) is 0.562. The zero-order valence-corrected chi connectivity index (χ0v) is 11.6. The van der Waals surface area contributed by atoms with E-state index in [-0.39, 0.29) is 6.61 Å². The average molecular weight is 272 g/mol. The third kappa shape index (κ3) is 2.39. The van der Waals surface area contributed by atoms with Crippen LogP contribution in [0.5, 0.6) is 0 Å². The van der Waals surface area contributed by atoms with E-state index < -0.39 is 0 Å². The number of hydrogen-bond donors (Lipinski definition) is 1. The predicted octanol–water partition coefficient (Wildman–Crippen LogP) is 2.20. The zero-order valence-electron chi connectivity index (χ0n) is 11.6. The lowest BCUT2D eigenvalue weighted by Crippen LogP contribution is -2.53. The number of hydrogen-bond acceptors (Lipinski definition) is 4. The Hall–Kier alpha value is -1.57. The van der Waals surface area contributed by atoms with Gasteiger partial charge in [0.05, 0.1) is 36.6 Å². The van der Waals surface area contributed by atoms with Gasteiger partial charge in [0.1, 0.15) is 6.07 Å². The van der Waals surface area contributed by atoms with E-state index >= 15 is 0 Å². The lowest BCUT2D eigenvalue weighted by molar-refractivity contribution is -0.00869. The highest BCUT2D eigenvalue weighted by Crippen LogP contribution is 2.33. The highest BCUT2D eigenvalue weighted by atomic mass is 16.5. The maximum Gasteiger partial charge on any atom is 0.101 e. The highest BCUT2D eigenvalue weighted by molar-refractivity contribution is 5.61. The summed E-state index contributed by atoms with van der Waals surface area (Å²) >= 11 is 0. The fourth-order valence-corrected chi connectivity index (χ4v) is 3.42. The van der Waals surface area contributed by atoms with Crippen LogP contribution >= 0.6 is 0 Å². The molecule has 4 heteroatoms. The van der Waals surface area contributed by atoms with Crippen LogP contribution in [0.25, 0.3) is 0 Å². The van der Waals surface area contributed by atoms with Gasteiger partial charge in [0.15, 0.2) is 0 Å². The third-order valence-corrected chi connectivity index (χ3v) is 4.41. The molecule has 0 aromatic heterocycles. The Morgan fingerprint density at radius 1 is 1.35 bits per heavy atom. The zero-order chi connectivity index (χ0) is 13.9. The first kappa shape index (κ1) is 13.4. The normalized spacial score (nSPS) is 25.9. The van der Waals surface area contributed by atoms with Gasteiger partial charge in [-0.15, -0.1) is 0 Å². The van der Waals surface area contributed by atoms with Crippen LogP contribution in [-0.2, 0) is 11.3 Å². The van der Waals surface area contributed by atoms with Crippen LogP contribution in [0.2, 0.25) is 0 Å². The van der Waals surface area contributed by atoms with Crippen molar-refractivity contribution in [1.82, 2.24) is 0 Å². The molecule has 0 spiro atoms. The third-order valence-electron chi connectivity index (χ3n) is 4.41. The molecule has 1 saturated heterocycles. The SMILES string of the molecule is N#Cc1cc(CO)ccc1N1CCOC2CCCCC21. The minimum Gasteiger partial charge on any atom is -0.392 e. The molecule has 0 radical (unpaired) electrons. The first-order valence-corrected chi connectivity index (χ1v) is 7.35. The lowest BCUT2D eigenvalue weighted by atomic mass is 9.89. The van der Waals surface area contributed by atoms with Crippen molar-refractivity contribution in [2.24, 2.45) is 0 Å². The molecule has 1 N–H and O–H groups in total. The summed E-state index contributed by atoms with van der Waals surface area (Å²) in [6.45, 7) is 1.55. The van der Waals surface area contributed by atoms with Gasteiger partial charge in [0, 0.05) is 6.54 Å². The van der Waals surface area contributed by atoms with Crippen molar-refractivity contribution in [2.75, 3.05) is 18.1 Å². The Kier molecular flexibility index (Phi) is 3.90. The molecule has 1 aromatic rings. The van der Waals surface area contributed by atoms with Gasteiger partial charge in [-0.3, -0.25) is 0 Å². The van der Waals surface area contributed by atoms with Crippen LogP contribution in [0.1, 0.15) is 36.8 Å². The molecule has 2 fully saturated rings. The van der Waals surface area contributed by atoms with Crippen molar-refractivity contribution < 1.29 is 9.84 Å². The lowest BCUT2D eigenvalue weighted by Gasteiger charge is -2.45. The summed E-state index contributed by atoms with van der Waals surface area (Å²) in [5.41, 5.74) is 2.44. The van der Waals surface area contributed by atoms with Crippen LogP contribution in [-0.4, -0.2) is 30.4 Å². The molecule has 1 saturated carbocycles. The van der Waals surface area contributed by atoms with Crippen molar-refractivity contribution in [1.29, 1.82) is 5.26 Å². The maximum atomic E-state index is 9.38. The van der Waals surface area contributed by atoms with E-state index in [1.807, 2.05) is 12.1 Å². The van der Waals surface area contributed by atoms with E-state index in [4.69, 9.17) is 4.74 Å². The first-order valence-electron chi connectivity index (χ1n) is 7.35. The van der Waals surface area contributed by atoms with Crippen molar-refractivity contribution in [2.45, 2.75) is 44.4 Å². The van der Waals surface area contributed by atoms with E-state index in [0.29, 0.717) is 17.7 Å². The second-order valence-corrected chi connectivity index (χ2v) is 5.58. The van der Waals surface area contributed by atoms with E-state index in [1.165, 1.54) is 12.8 Å². The number of rotatable bonds is 2. The Bertz CT molecular complexity index is 522. The molecule has 1 heterocycles. The number of ether oxygens (including phenoxy) is 1. The monoisotopic (exact) mass is 272 g/mol. The largest absolute Gasteiger partial charge is 0.392 e. The molecular formula is C16H20N2O2. The Labute approximate surface area is 119 Å². The van der Waals surface area contributed by atoms with Crippen LogP contribution in [0.3, 0.4) is 0 Å². The highest BCUT2D eigenvalue weighted by Gasteiger charge is 2.35. The minimum atomic E-state index is -0.0237. The number of aliphatic hydroxyl groups excluding tert-OH is 1. The average Bonchev–Trinajstić information content (AvgIpc) is 2.53. The van der Waals surface area contributed by atoms with Gasteiger partial charge in [-0.05, 0) is 30.5 Å². The van der Waals surface area contributed by atoms with Crippen molar-refractivity contribution in [3.63, 3.8) is 0 Å². The van der Waals surface area contributed by atoms with E-state index in [1.54, 1.807) is 6.07 Å². The van der Waals surface area contributed by atoms with Gasteiger partial charge < -0.3 is 14.7 Å². The van der Waals surface area contributed by atoms with Crippen LogP contribution < -0.4 is 4.90 Å². The molecular weight excluding hydrogens is 252 g/mol. The second-order valence-electron chi connectivity index (χ2n) is 5.58. The molecule has 2 aliphatic rings. The summed E-state index contributed by atoms with van der Waals surface area (Å²) in [6, 6.07) is 8.34. The molecule has 1 aliphatic carbocycles. The van der Waals surface area contributed by atoms with Crippen LogP contribution in [0.15, 0.2) is 18.2 Å². The van der Waals surface area contributed by atoms with E-state index in [9.17, 15) is 10.4 Å². The number of benzene rings is 1. The number of morpholine rings is 1. The summed E-state index contributed by atoms with van der Waals surface area (Å²) in [7, 11) is 0. The molecule has 1 aliphatic heterocycles. The van der Waals surface area contributed by atoms with Gasteiger partial charge >= 0.3 is 0 Å². The van der Waals surface area contributed by atoms with Gasteiger partial charge in [-0.2, -0.15) is 5.26 Å². The Balaban J connectivity index is 1.93. The second kappa shape index (κ2) is 5.82. The summed E-state index contributed by atoms with van der Waals surface area (Å²) in [4.78, 5) is 2.34. The number of anilines is 1. The smallest absolute Gasteiger partial charge is 0.101 e. The van der Waals surface area contributed by atoms with Gasteiger partial charge in [-0.25, -0.2) is 0 Å². The molecule has 20 heavy (non-hydrogen) atoms. The summed E-state index contributed by atoms with van der Waals surface area (Å²) in [5.74, 6) is 0. The molecule has 0 bridgehead atoms. The van der Waals surface area contributed by atoms with Gasteiger partial charge in [0.2, 0.25) is 0 Å². The molecule has 4 nitrogen and oxygen atoms in total. The Morgan fingerprint density at radius 2 is 2.20 bits per heavy atom. The molecule has 2 atom stereocenters. The van der Waals surface area contributed by atoms with Crippen LogP contribution in [0.4, 0.5) is 5.69 Å². The van der Waals surface area contributed by atoms with Gasteiger partial charge in [-0.1, -0.05) is 18.9 Å². The van der Waals surface area contributed by atoms with E-state index in [0.717, 1.165) is 37.2 Å². The topological polar surface area (TPSA) is 56.5 Å². The Morgan fingerprint density at radius 3 is 3.00 bits per heavy atom. The number of nitriles is 1.